The van der Waals surface area contributed by atoms with Crippen molar-refractivity contribution < 1.29 is 54.9 Å². The first-order chi connectivity index (χ1) is 43.1. The minimum atomic E-state index is -4.66. The molecule has 0 radical (unpaired) electrons. The molecule has 470 valence electrons. The van der Waals surface area contributed by atoms with Crippen molar-refractivity contribution in [1.29, 1.82) is 0 Å². The molecule has 2 aliphatic carbocycles. The highest BCUT2D eigenvalue weighted by molar-refractivity contribution is 7.99. The third-order valence-electron chi connectivity index (χ3n) is 18.4. The average Bonchev–Trinajstić information content (AvgIpc) is 1.80. The van der Waals surface area contributed by atoms with Crippen LogP contribution in [0.1, 0.15) is 79.1 Å². The number of alkyl halides is 6. The van der Waals surface area contributed by atoms with Gasteiger partial charge in [0, 0.05) is 95.7 Å². The summed E-state index contributed by atoms with van der Waals surface area (Å²) in [5, 5.41) is 10.0. The molecule has 0 spiro atoms. The van der Waals surface area contributed by atoms with E-state index < -0.39 is 23.5 Å². The summed E-state index contributed by atoms with van der Waals surface area (Å²) in [6.45, 7) is 9.53. The quantitative estimate of drug-likeness (QED) is 0.0986. The molecular formula is C61H64F6N12O6S4. The van der Waals surface area contributed by atoms with Crippen molar-refractivity contribution in [1.82, 2.24) is 40.0 Å². The second-order valence-electron chi connectivity index (χ2n) is 24.1. The van der Waals surface area contributed by atoms with Gasteiger partial charge in [-0.25, -0.2) is 19.9 Å². The number of thiophene rings is 2. The zero-order valence-electron chi connectivity index (χ0n) is 48.4. The number of carbonyl (C=O) groups excluding carboxylic acids is 2. The SMILES string of the molecule is CN1CCN(c2ccc(Nc3ncc(C(F)(F)F)c(-c4cc5c(s4)C(=O)N(C4COC4)CCS5)n3)c(C3CC3)c2)C2COCC21.O=C1c2sc(-c3nc(Nc4ccc(N5CCNC6COCC65)cc4C4CC4)ncc3C(F)(F)F)cc2SCCN1C1COC1. The van der Waals surface area contributed by atoms with Crippen LogP contribution in [0.3, 0.4) is 0 Å². The zero-order chi connectivity index (χ0) is 60.9. The largest absolute Gasteiger partial charge is 0.420 e. The van der Waals surface area contributed by atoms with E-state index in [1.807, 2.05) is 12.1 Å². The van der Waals surface area contributed by atoms with E-state index in [0.717, 1.165) is 127 Å². The lowest BCUT2D eigenvalue weighted by Gasteiger charge is -2.43. The molecule has 2 amide bonds. The fraction of sp³-hybridized carbons (Fsp3) is 0.508. The molecule has 3 N–H and O–H groups in total. The first-order valence-electron chi connectivity index (χ1n) is 30.2. The fourth-order valence-corrected chi connectivity index (χ4v) is 17.7. The van der Waals surface area contributed by atoms with Crippen LogP contribution in [0, 0.1) is 0 Å². The highest BCUT2D eigenvalue weighted by Gasteiger charge is 2.44. The number of carbonyl (C=O) groups is 2. The number of ether oxygens (including phenoxy) is 4. The molecule has 8 aliphatic heterocycles. The van der Waals surface area contributed by atoms with Gasteiger partial charge in [0.1, 0.15) is 20.9 Å². The molecule has 6 aromatic rings. The Morgan fingerprint density at radius 1 is 0.551 bits per heavy atom. The number of nitrogens with zero attached hydrogens (tertiary/aromatic N) is 9. The molecule has 4 atom stereocenters. The van der Waals surface area contributed by atoms with Crippen molar-refractivity contribution in [2.75, 3.05) is 131 Å². The Hall–Kier alpha value is -5.82. The molecular weight excluding hydrogens is 1240 g/mol. The molecule has 2 aromatic carbocycles. The number of anilines is 6. The molecule has 2 saturated carbocycles. The van der Waals surface area contributed by atoms with Gasteiger partial charge in [-0.1, -0.05) is 0 Å². The normalized spacial score (nSPS) is 24.2. The summed E-state index contributed by atoms with van der Waals surface area (Å²) in [6.07, 6.45) is -3.39. The Balaban J connectivity index is 0.000000149. The van der Waals surface area contributed by atoms with Gasteiger partial charge in [0.25, 0.3) is 11.8 Å². The third kappa shape index (κ3) is 11.8. The summed E-state index contributed by atoms with van der Waals surface area (Å²) in [4.78, 5) is 57.5. The molecule has 6 saturated heterocycles. The van der Waals surface area contributed by atoms with Crippen molar-refractivity contribution in [3.63, 3.8) is 0 Å². The van der Waals surface area contributed by atoms with Crippen LogP contribution in [0.15, 0.2) is 70.7 Å². The van der Waals surface area contributed by atoms with Gasteiger partial charge in [-0.3, -0.25) is 14.5 Å². The van der Waals surface area contributed by atoms with E-state index in [9.17, 15) is 35.9 Å². The Morgan fingerprint density at radius 3 is 1.51 bits per heavy atom. The van der Waals surface area contributed by atoms with Crippen LogP contribution in [0.25, 0.3) is 21.1 Å². The first kappa shape index (κ1) is 59.5. The van der Waals surface area contributed by atoms with E-state index in [-0.39, 0.29) is 59.3 Å². The Kier molecular flexibility index (Phi) is 16.0. The van der Waals surface area contributed by atoms with E-state index in [2.05, 4.69) is 81.9 Å². The maximum atomic E-state index is 14.2. The highest BCUT2D eigenvalue weighted by atomic mass is 32.2. The Labute approximate surface area is 525 Å². The predicted octanol–water partition coefficient (Wildman–Crippen LogP) is 10.3. The van der Waals surface area contributed by atoms with Gasteiger partial charge in [-0.15, -0.1) is 46.2 Å². The summed E-state index contributed by atoms with van der Waals surface area (Å²) in [7, 11) is 2.15. The second kappa shape index (κ2) is 24.0. The molecule has 8 fully saturated rings. The monoisotopic (exact) mass is 1300 g/mol. The van der Waals surface area contributed by atoms with Gasteiger partial charge in [0.15, 0.2) is 0 Å². The van der Waals surface area contributed by atoms with Crippen LogP contribution in [-0.4, -0.2) is 193 Å². The average molecular weight is 1300 g/mol. The number of hydrogen-bond donors (Lipinski definition) is 3. The second-order valence-corrected chi connectivity index (χ2v) is 28.5. The molecule has 16 rings (SSSR count). The first-order valence-corrected chi connectivity index (χ1v) is 33.8. The van der Waals surface area contributed by atoms with Crippen molar-refractivity contribution in [3.8, 4) is 21.1 Å². The number of rotatable bonds is 12. The highest BCUT2D eigenvalue weighted by Crippen LogP contribution is 2.50. The summed E-state index contributed by atoms with van der Waals surface area (Å²) < 4.78 is 108. The molecule has 89 heavy (non-hydrogen) atoms. The number of likely N-dealkylation sites (N-methyl/N-ethyl adjacent to an activating group) is 1. The van der Waals surface area contributed by atoms with Gasteiger partial charge in [-0.2, -0.15) is 26.3 Å². The van der Waals surface area contributed by atoms with E-state index in [4.69, 9.17) is 18.9 Å². The van der Waals surface area contributed by atoms with E-state index in [1.54, 1.807) is 21.9 Å². The summed E-state index contributed by atoms with van der Waals surface area (Å²) in [6, 6.07) is 17.1. The number of piperazine rings is 2. The standard InChI is InChI=1S/C31H33F3N6O3S2.C30H31F3N6O3S2/c1-38-6-7-39(24-16-43-15-23(24)38)18-4-5-22(20(10-18)17-2-3-17)36-30-35-12-21(31(32,33)34)27(37-30)25-11-26-28(45-25)29(41)40(8-9-44-26)19-13-42-14-19;31-30(32,33)20-11-35-29(37-26(20)24-10-25-27(44-24)28(40)39(7-8-43-25)18-12-41-13-18)36-21-4-3-17(9-19(21)16-1-2-16)38-6-5-34-22-14-42-15-23(22)38/h4-5,10-12,17,19,23-24H,2-3,6-9,13-16H2,1H3,(H,35,36,37);3-4,9-11,16,18,22-23,34H,1-2,5-8,12-15H2,(H,35,36,37). The molecule has 28 heteroatoms. The molecule has 4 aromatic heterocycles. The van der Waals surface area contributed by atoms with Crippen molar-refractivity contribution in [2.45, 2.75) is 95.9 Å². The summed E-state index contributed by atoms with van der Waals surface area (Å²) in [5.74, 6) is 1.94. The number of halogens is 6. The number of hydrogen-bond acceptors (Lipinski definition) is 20. The fourth-order valence-electron chi connectivity index (χ4n) is 13.1. The summed E-state index contributed by atoms with van der Waals surface area (Å²) >= 11 is 5.10. The number of aromatic nitrogens is 4. The number of benzene rings is 2. The molecule has 0 bridgehead atoms. The lowest BCUT2D eigenvalue weighted by molar-refractivity contribution is -0.138. The van der Waals surface area contributed by atoms with Crippen molar-refractivity contribution >= 4 is 92.7 Å². The van der Waals surface area contributed by atoms with Crippen LogP contribution >= 0.6 is 46.2 Å². The predicted molar refractivity (Wildman–Crippen MR) is 329 cm³/mol. The Bertz CT molecular complexity index is 3690. The molecule has 12 heterocycles. The number of nitrogens with one attached hydrogen (secondary N) is 3. The van der Waals surface area contributed by atoms with Crippen LogP contribution < -0.4 is 25.8 Å². The van der Waals surface area contributed by atoms with Crippen LogP contribution in [0.2, 0.25) is 0 Å². The Morgan fingerprint density at radius 2 is 1.02 bits per heavy atom. The van der Waals surface area contributed by atoms with Gasteiger partial charge < -0.3 is 54.5 Å². The number of thioether (sulfide) groups is 2. The van der Waals surface area contributed by atoms with Crippen molar-refractivity contribution in [3.05, 3.63) is 92.9 Å². The van der Waals surface area contributed by atoms with Gasteiger partial charge in [-0.05, 0) is 104 Å². The smallest absolute Gasteiger partial charge is 0.378 e. The van der Waals surface area contributed by atoms with E-state index in [1.165, 1.54) is 23.5 Å². The summed E-state index contributed by atoms with van der Waals surface area (Å²) in [5.41, 5.74) is 3.79. The lowest BCUT2D eigenvalue weighted by atomic mass is 10.0. The van der Waals surface area contributed by atoms with Gasteiger partial charge in [0.05, 0.1) is 110 Å². The maximum absolute atomic E-state index is 14.2. The van der Waals surface area contributed by atoms with Gasteiger partial charge >= 0.3 is 12.4 Å². The minimum absolute atomic E-state index is 0.00594. The van der Waals surface area contributed by atoms with Crippen LogP contribution in [-0.2, 0) is 31.3 Å². The number of amides is 2. The molecule has 4 unspecified atom stereocenters. The lowest BCUT2D eigenvalue weighted by Crippen LogP contribution is -2.58. The van der Waals surface area contributed by atoms with Crippen LogP contribution in [0.4, 0.5) is 61.0 Å². The third-order valence-corrected chi connectivity index (χ3v) is 23.0. The van der Waals surface area contributed by atoms with E-state index in [0.29, 0.717) is 124 Å². The number of fused-ring (bicyclic) bond motifs is 4. The minimum Gasteiger partial charge on any atom is -0.378 e. The van der Waals surface area contributed by atoms with Gasteiger partial charge in [0.2, 0.25) is 11.9 Å². The van der Waals surface area contributed by atoms with Crippen molar-refractivity contribution in [2.24, 2.45) is 0 Å². The topological polar surface area (TPSA) is 175 Å². The van der Waals surface area contributed by atoms with Crippen LogP contribution in [0.5, 0.6) is 0 Å². The molecule has 10 aliphatic rings. The van der Waals surface area contributed by atoms with E-state index >= 15 is 0 Å². The maximum Gasteiger partial charge on any atom is 0.420 e. The zero-order valence-corrected chi connectivity index (χ0v) is 51.7. The molecule has 18 nitrogen and oxygen atoms in total.